The monoisotopic (exact) mass is 311 g/mol. The molecule has 1 aliphatic heterocycles. The molecular formula is C13H14ClN3O2S. The number of carbonyl (C=O) groups is 1. The van der Waals surface area contributed by atoms with Gasteiger partial charge in [0, 0.05) is 17.7 Å². The van der Waals surface area contributed by atoms with Crippen LogP contribution < -0.4 is 5.32 Å². The smallest absolute Gasteiger partial charge is 0.312 e. The Labute approximate surface area is 125 Å². The Morgan fingerprint density at radius 2 is 2.15 bits per heavy atom. The SMILES string of the molecule is COC(=O)C12CC(Nc3nc(Cl)nc4c3SCC4)(C1)C2. The standard InChI is InChI=1S/C13H14ClN3O2S/c1-19-10(18)12-4-13(5-12,6-12)17-9-8-7(2-3-20-8)15-11(14)16-9/h2-6H2,1H3,(H,15,16,17). The highest BCUT2D eigenvalue weighted by Crippen LogP contribution is 2.69. The van der Waals surface area contributed by atoms with Gasteiger partial charge in [0.05, 0.1) is 23.1 Å². The third-order valence-corrected chi connectivity index (χ3v) is 5.82. The van der Waals surface area contributed by atoms with Crippen molar-refractivity contribution in [2.75, 3.05) is 18.2 Å². The van der Waals surface area contributed by atoms with E-state index in [0.717, 1.165) is 47.8 Å². The van der Waals surface area contributed by atoms with Gasteiger partial charge in [0.25, 0.3) is 0 Å². The van der Waals surface area contributed by atoms with Crippen LogP contribution in [0, 0.1) is 5.41 Å². The molecule has 1 aromatic heterocycles. The lowest BCUT2D eigenvalue weighted by molar-refractivity contribution is -0.190. The minimum absolute atomic E-state index is 0.00277. The summed E-state index contributed by atoms with van der Waals surface area (Å²) in [7, 11) is 1.45. The Balaban J connectivity index is 1.54. The van der Waals surface area contributed by atoms with Crippen LogP contribution in [0.2, 0.25) is 5.28 Å². The maximum absolute atomic E-state index is 11.7. The van der Waals surface area contributed by atoms with E-state index in [1.807, 2.05) is 0 Å². The van der Waals surface area contributed by atoms with Gasteiger partial charge >= 0.3 is 5.97 Å². The number of ether oxygens (including phenoxy) is 1. The van der Waals surface area contributed by atoms with Gasteiger partial charge < -0.3 is 10.1 Å². The van der Waals surface area contributed by atoms with Crippen molar-refractivity contribution < 1.29 is 9.53 Å². The first-order valence-corrected chi connectivity index (χ1v) is 7.98. The van der Waals surface area contributed by atoms with Crippen LogP contribution in [-0.4, -0.2) is 34.3 Å². The number of hydrogen-bond acceptors (Lipinski definition) is 6. The third kappa shape index (κ3) is 1.61. The second-order valence-corrected chi connectivity index (χ2v) is 7.37. The van der Waals surface area contributed by atoms with Gasteiger partial charge in [0.2, 0.25) is 5.28 Å². The number of nitrogens with zero attached hydrogens (tertiary/aromatic N) is 2. The van der Waals surface area contributed by atoms with Crippen LogP contribution in [-0.2, 0) is 16.0 Å². The normalized spacial score (nSPS) is 32.9. The zero-order valence-corrected chi connectivity index (χ0v) is 12.6. The van der Waals surface area contributed by atoms with E-state index in [1.54, 1.807) is 11.8 Å². The number of nitrogens with one attached hydrogen (secondary N) is 1. The summed E-state index contributed by atoms with van der Waals surface area (Å²) in [5.74, 6) is 1.78. The lowest BCUT2D eigenvalue weighted by Crippen LogP contribution is -2.74. The van der Waals surface area contributed by atoms with Crippen molar-refractivity contribution in [2.45, 2.75) is 36.1 Å². The van der Waals surface area contributed by atoms with Crippen LogP contribution >= 0.6 is 23.4 Å². The van der Waals surface area contributed by atoms with Crippen molar-refractivity contribution in [3.8, 4) is 0 Å². The van der Waals surface area contributed by atoms with Crippen molar-refractivity contribution in [3.63, 3.8) is 0 Å². The van der Waals surface area contributed by atoms with Crippen molar-refractivity contribution in [2.24, 2.45) is 5.41 Å². The van der Waals surface area contributed by atoms with Gasteiger partial charge in [0.1, 0.15) is 5.82 Å². The highest BCUT2D eigenvalue weighted by atomic mass is 35.5. The van der Waals surface area contributed by atoms with Crippen LogP contribution in [0.15, 0.2) is 4.90 Å². The largest absolute Gasteiger partial charge is 0.469 e. The molecule has 2 bridgehead atoms. The first-order valence-electron chi connectivity index (χ1n) is 6.62. The molecule has 20 heavy (non-hydrogen) atoms. The number of carbonyl (C=O) groups excluding carboxylic acids is 1. The van der Waals surface area contributed by atoms with Gasteiger partial charge in [-0.25, -0.2) is 4.98 Å². The maximum atomic E-state index is 11.7. The molecule has 5 rings (SSSR count). The van der Waals surface area contributed by atoms with E-state index in [-0.39, 0.29) is 16.9 Å². The van der Waals surface area contributed by atoms with Gasteiger partial charge in [-0.2, -0.15) is 4.98 Å². The average Bonchev–Trinajstić information content (AvgIpc) is 2.78. The van der Waals surface area contributed by atoms with Gasteiger partial charge in [-0.15, -0.1) is 11.8 Å². The molecule has 7 heteroatoms. The number of hydrogen-bond donors (Lipinski definition) is 1. The number of thioether (sulfide) groups is 1. The zero-order valence-electron chi connectivity index (χ0n) is 11.0. The van der Waals surface area contributed by atoms with Crippen LogP contribution in [0.5, 0.6) is 0 Å². The third-order valence-electron chi connectivity index (χ3n) is 4.53. The summed E-state index contributed by atoms with van der Waals surface area (Å²) in [6, 6.07) is 0. The molecular weight excluding hydrogens is 298 g/mol. The predicted molar refractivity (Wildman–Crippen MR) is 76.1 cm³/mol. The Morgan fingerprint density at radius 3 is 2.85 bits per heavy atom. The minimum atomic E-state index is -0.241. The molecule has 4 aliphatic rings. The number of methoxy groups -OCH3 is 1. The highest BCUT2D eigenvalue weighted by molar-refractivity contribution is 7.99. The predicted octanol–water partition coefficient (Wildman–Crippen LogP) is 2.29. The van der Waals surface area contributed by atoms with Crippen LogP contribution in [0.1, 0.15) is 25.0 Å². The van der Waals surface area contributed by atoms with Gasteiger partial charge in [-0.1, -0.05) is 0 Å². The number of aromatic nitrogens is 2. The highest BCUT2D eigenvalue weighted by Gasteiger charge is 2.72. The molecule has 106 valence electrons. The van der Waals surface area contributed by atoms with E-state index in [0.29, 0.717) is 5.28 Å². The fourth-order valence-corrected chi connectivity index (χ4v) is 4.96. The minimum Gasteiger partial charge on any atom is -0.469 e. The maximum Gasteiger partial charge on any atom is 0.312 e. The molecule has 5 nitrogen and oxygen atoms in total. The second kappa shape index (κ2) is 4.01. The number of esters is 1. The van der Waals surface area contributed by atoms with E-state index in [1.165, 1.54) is 7.11 Å². The molecule has 0 radical (unpaired) electrons. The van der Waals surface area contributed by atoms with Gasteiger partial charge in [-0.05, 0) is 30.9 Å². The van der Waals surface area contributed by atoms with Crippen molar-refractivity contribution in [1.29, 1.82) is 0 Å². The number of rotatable bonds is 3. The average molecular weight is 312 g/mol. The Bertz CT molecular complexity index is 602. The molecule has 0 spiro atoms. The molecule has 3 aliphatic carbocycles. The summed E-state index contributed by atoms with van der Waals surface area (Å²) in [5, 5.41) is 3.80. The number of halogens is 1. The van der Waals surface area contributed by atoms with Crippen LogP contribution in [0.4, 0.5) is 5.82 Å². The zero-order chi connectivity index (χ0) is 14.0. The number of anilines is 1. The van der Waals surface area contributed by atoms with Gasteiger partial charge in [-0.3, -0.25) is 4.79 Å². The summed E-state index contributed by atoms with van der Waals surface area (Å²) in [6.07, 6.45) is 3.42. The summed E-state index contributed by atoms with van der Waals surface area (Å²) in [4.78, 5) is 21.4. The van der Waals surface area contributed by atoms with E-state index >= 15 is 0 Å². The quantitative estimate of drug-likeness (QED) is 0.682. The Kier molecular flexibility index (Phi) is 2.55. The van der Waals surface area contributed by atoms with E-state index in [4.69, 9.17) is 16.3 Å². The molecule has 0 amide bonds. The molecule has 3 fully saturated rings. The Hall–Kier alpha value is -1.01. The fourth-order valence-electron chi connectivity index (χ4n) is 3.73. The fraction of sp³-hybridized carbons (Fsp3) is 0.615. The molecule has 0 unspecified atom stereocenters. The second-order valence-electron chi connectivity index (χ2n) is 5.92. The lowest BCUT2D eigenvalue weighted by Gasteiger charge is -2.68. The van der Waals surface area contributed by atoms with E-state index in [2.05, 4.69) is 15.3 Å². The molecule has 2 heterocycles. The number of aryl methyl sites for hydroxylation is 1. The topological polar surface area (TPSA) is 64.1 Å². The van der Waals surface area contributed by atoms with Crippen LogP contribution in [0.3, 0.4) is 0 Å². The molecule has 3 saturated carbocycles. The van der Waals surface area contributed by atoms with Crippen molar-refractivity contribution >= 4 is 35.1 Å². The summed E-state index contributed by atoms with van der Waals surface area (Å²) < 4.78 is 4.87. The Morgan fingerprint density at radius 1 is 1.40 bits per heavy atom. The van der Waals surface area contributed by atoms with E-state index < -0.39 is 0 Å². The van der Waals surface area contributed by atoms with E-state index in [9.17, 15) is 4.79 Å². The lowest BCUT2D eigenvalue weighted by atomic mass is 9.39. The number of fused-ring (bicyclic) bond motifs is 1. The summed E-state index contributed by atoms with van der Waals surface area (Å²) in [5.41, 5.74) is 0.796. The molecule has 1 N–H and O–H groups in total. The first-order chi connectivity index (χ1) is 9.56. The molecule has 0 saturated heterocycles. The molecule has 0 atom stereocenters. The molecule has 1 aromatic rings. The summed E-state index contributed by atoms with van der Waals surface area (Å²) in [6.45, 7) is 0. The van der Waals surface area contributed by atoms with Crippen molar-refractivity contribution in [3.05, 3.63) is 11.0 Å². The first kappa shape index (κ1) is 12.7. The molecule has 0 aromatic carbocycles. The van der Waals surface area contributed by atoms with Crippen LogP contribution in [0.25, 0.3) is 0 Å². The summed E-state index contributed by atoms with van der Waals surface area (Å²) >= 11 is 7.75. The van der Waals surface area contributed by atoms with Gasteiger partial charge in [0.15, 0.2) is 0 Å². The van der Waals surface area contributed by atoms with Crippen molar-refractivity contribution in [1.82, 2.24) is 9.97 Å².